The van der Waals surface area contributed by atoms with Gasteiger partial charge in [-0.15, -0.1) is 12.3 Å². The molecule has 0 aromatic rings. The van der Waals surface area contributed by atoms with Gasteiger partial charge >= 0.3 is 10.1 Å². The summed E-state index contributed by atoms with van der Waals surface area (Å²) in [6, 6.07) is 0. The Morgan fingerprint density at radius 2 is 2.14 bits per heavy atom. The normalized spacial score (nSPS) is 16.1. The maximum absolute atomic E-state index is 11.5. The molecular formula is C7H11O5PS. The van der Waals surface area contributed by atoms with Crippen molar-refractivity contribution in [2.75, 3.05) is 13.7 Å². The van der Waals surface area contributed by atoms with E-state index in [0.29, 0.717) is 0 Å². The largest absolute Gasteiger partial charge is 0.350 e. The number of rotatable bonds is 6. The first-order chi connectivity index (χ1) is 6.49. The van der Waals surface area contributed by atoms with Gasteiger partial charge in [0.15, 0.2) is 0 Å². The Bertz CT molecular complexity index is 330. The van der Waals surface area contributed by atoms with Crippen LogP contribution in [-0.4, -0.2) is 26.8 Å². The minimum atomic E-state index is -4.09. The van der Waals surface area contributed by atoms with Crippen LogP contribution in [0, 0.1) is 12.3 Å². The molecule has 5 nitrogen and oxygen atoms in total. The standard InChI is InChI=1S/C7H11O5PS/c1-4-6-7(11-3,13-8)14(9,10)12-5-2/h1H,5-6H2,2-3H3. The number of methoxy groups -OCH3 is 1. The number of terminal acetylenes is 1. The summed E-state index contributed by atoms with van der Waals surface area (Å²) >= 11 is 0. The Labute approximate surface area is 85.1 Å². The van der Waals surface area contributed by atoms with Crippen LogP contribution in [0.15, 0.2) is 0 Å². The molecule has 0 aliphatic rings. The monoisotopic (exact) mass is 238 g/mol. The third kappa shape index (κ3) is 2.52. The number of hydrogen-bond acceptors (Lipinski definition) is 5. The second-order valence-electron chi connectivity index (χ2n) is 2.25. The zero-order valence-electron chi connectivity index (χ0n) is 7.89. The highest BCUT2D eigenvalue weighted by Crippen LogP contribution is 2.35. The molecule has 0 aromatic heterocycles. The van der Waals surface area contributed by atoms with Crippen LogP contribution in [-0.2, 0) is 23.6 Å². The average Bonchev–Trinajstić information content (AvgIpc) is 2.13. The summed E-state index contributed by atoms with van der Waals surface area (Å²) in [6.45, 7) is 1.43. The molecule has 0 spiro atoms. The van der Waals surface area contributed by atoms with Crippen LogP contribution >= 0.6 is 8.46 Å². The smallest absolute Gasteiger partial charge is 0.310 e. The highest BCUT2D eigenvalue weighted by molar-refractivity contribution is 7.92. The summed E-state index contributed by atoms with van der Waals surface area (Å²) in [5.41, 5.74) is 0. The molecule has 1 unspecified atom stereocenters. The summed E-state index contributed by atoms with van der Waals surface area (Å²) in [7, 11) is -3.72. The lowest BCUT2D eigenvalue weighted by Crippen LogP contribution is -2.36. The molecule has 0 N–H and O–H groups in total. The molecule has 0 saturated carbocycles. The van der Waals surface area contributed by atoms with Crippen LogP contribution in [0.1, 0.15) is 13.3 Å². The van der Waals surface area contributed by atoms with E-state index in [1.165, 1.54) is 6.92 Å². The Kier molecular flexibility index (Phi) is 5.24. The highest BCUT2D eigenvalue weighted by atomic mass is 32.2. The zero-order valence-corrected chi connectivity index (χ0v) is 9.60. The van der Waals surface area contributed by atoms with Gasteiger partial charge in [-0.2, -0.15) is 8.42 Å². The maximum Gasteiger partial charge on any atom is 0.310 e. The zero-order chi connectivity index (χ0) is 11.2. The van der Waals surface area contributed by atoms with Gasteiger partial charge < -0.3 is 4.74 Å². The number of ether oxygens (including phenoxy) is 1. The van der Waals surface area contributed by atoms with Crippen molar-refractivity contribution in [1.29, 1.82) is 0 Å². The molecule has 1 atom stereocenters. The van der Waals surface area contributed by atoms with Gasteiger partial charge in [0.05, 0.1) is 13.0 Å². The maximum atomic E-state index is 11.5. The SMILES string of the molecule is C#CCC(OC)(P=O)S(=O)(=O)OCC. The quantitative estimate of drug-likeness (QED) is 0.391. The predicted molar refractivity (Wildman–Crippen MR) is 51.3 cm³/mol. The second kappa shape index (κ2) is 5.42. The van der Waals surface area contributed by atoms with Gasteiger partial charge in [-0.3, -0.25) is 8.75 Å². The molecule has 14 heavy (non-hydrogen) atoms. The summed E-state index contributed by atoms with van der Waals surface area (Å²) in [5.74, 6) is 2.08. The van der Waals surface area contributed by atoms with E-state index in [0.717, 1.165) is 7.11 Å². The molecule has 0 fully saturated rings. The first-order valence-corrected chi connectivity index (χ1v) is 5.93. The Morgan fingerprint density at radius 3 is 2.43 bits per heavy atom. The van der Waals surface area contributed by atoms with Crippen LogP contribution in [0.5, 0.6) is 0 Å². The fourth-order valence-corrected chi connectivity index (χ4v) is 2.47. The van der Waals surface area contributed by atoms with E-state index in [-0.39, 0.29) is 13.0 Å². The summed E-state index contributed by atoms with van der Waals surface area (Å²) in [5, 5.41) is 0. The third-order valence-electron chi connectivity index (χ3n) is 1.45. The Balaban J connectivity index is 5.20. The van der Waals surface area contributed by atoms with Gasteiger partial charge in [-0.1, -0.05) is 0 Å². The van der Waals surface area contributed by atoms with E-state index in [1.807, 2.05) is 0 Å². The first kappa shape index (κ1) is 13.5. The van der Waals surface area contributed by atoms with Crippen molar-refractivity contribution in [3.8, 4) is 12.3 Å². The van der Waals surface area contributed by atoms with E-state index < -0.39 is 23.3 Å². The molecule has 80 valence electrons. The minimum absolute atomic E-state index is 0.0620. The van der Waals surface area contributed by atoms with E-state index in [9.17, 15) is 13.0 Å². The van der Waals surface area contributed by atoms with Gasteiger partial charge in [0.1, 0.15) is 0 Å². The van der Waals surface area contributed by atoms with Gasteiger partial charge in [-0.25, -0.2) is 0 Å². The lowest BCUT2D eigenvalue weighted by molar-refractivity contribution is 0.120. The fraction of sp³-hybridized carbons (Fsp3) is 0.714. The molecule has 0 aliphatic carbocycles. The molecule has 0 saturated heterocycles. The molecule has 7 heteroatoms. The van der Waals surface area contributed by atoms with Crippen molar-refractivity contribution in [2.24, 2.45) is 0 Å². The van der Waals surface area contributed by atoms with Crippen molar-refractivity contribution in [2.45, 2.75) is 18.0 Å². The van der Waals surface area contributed by atoms with Gasteiger partial charge in [0.25, 0.3) is 4.67 Å². The summed E-state index contributed by atoms with van der Waals surface area (Å²) < 4.78 is 40.8. The van der Waals surface area contributed by atoms with Crippen molar-refractivity contribution in [3.63, 3.8) is 0 Å². The summed E-state index contributed by atoms with van der Waals surface area (Å²) in [4.78, 5) is 0. The lowest BCUT2D eigenvalue weighted by Gasteiger charge is -2.21. The van der Waals surface area contributed by atoms with Crippen LogP contribution in [0.2, 0.25) is 0 Å². The van der Waals surface area contributed by atoms with Crippen LogP contribution < -0.4 is 0 Å². The lowest BCUT2D eigenvalue weighted by atomic mass is 10.5. The van der Waals surface area contributed by atoms with E-state index in [4.69, 9.17) is 6.42 Å². The van der Waals surface area contributed by atoms with E-state index >= 15 is 0 Å². The predicted octanol–water partition coefficient (Wildman–Crippen LogP) is 0.968. The van der Waals surface area contributed by atoms with Gasteiger partial charge in [-0.05, 0) is 6.92 Å². The molecule has 0 rings (SSSR count). The van der Waals surface area contributed by atoms with Crippen LogP contribution in [0.4, 0.5) is 0 Å². The second-order valence-corrected chi connectivity index (χ2v) is 5.26. The Morgan fingerprint density at radius 1 is 1.57 bits per heavy atom. The average molecular weight is 238 g/mol. The van der Waals surface area contributed by atoms with Gasteiger partial charge in [0.2, 0.25) is 8.46 Å². The van der Waals surface area contributed by atoms with Crippen LogP contribution in [0.25, 0.3) is 0 Å². The Hall–Kier alpha value is -0.470. The third-order valence-corrected chi connectivity index (χ3v) is 4.60. The van der Waals surface area contributed by atoms with Crippen molar-refractivity contribution >= 4 is 18.6 Å². The summed E-state index contributed by atoms with van der Waals surface area (Å²) in [6.07, 6.45) is 4.63. The topological polar surface area (TPSA) is 69.7 Å². The molecule has 0 aromatic carbocycles. The van der Waals surface area contributed by atoms with Crippen molar-refractivity contribution in [3.05, 3.63) is 0 Å². The highest BCUT2D eigenvalue weighted by Gasteiger charge is 2.46. The van der Waals surface area contributed by atoms with E-state index in [2.05, 4.69) is 14.8 Å². The van der Waals surface area contributed by atoms with Gasteiger partial charge in [0, 0.05) is 7.11 Å². The fourth-order valence-electron chi connectivity index (χ4n) is 0.754. The molecule has 0 heterocycles. The molecule has 0 bridgehead atoms. The molecule has 0 radical (unpaired) electrons. The van der Waals surface area contributed by atoms with Crippen molar-refractivity contribution < 1.29 is 21.9 Å². The van der Waals surface area contributed by atoms with E-state index in [1.54, 1.807) is 0 Å². The minimum Gasteiger partial charge on any atom is -0.350 e. The van der Waals surface area contributed by atoms with Crippen molar-refractivity contribution in [1.82, 2.24) is 0 Å². The first-order valence-electron chi connectivity index (χ1n) is 3.71. The number of hydrogen-bond donors (Lipinski definition) is 0. The molecule has 0 aliphatic heterocycles. The molecule has 0 amide bonds. The van der Waals surface area contributed by atoms with Crippen LogP contribution in [0.3, 0.4) is 0 Å². The molecular weight excluding hydrogens is 227 g/mol.